The zero-order chi connectivity index (χ0) is 10.1. The number of nitrogens with one attached hydrogen (secondary N) is 1. The average molecular weight is 191 g/mol. The minimum absolute atomic E-state index is 0.295. The number of hydrogen-bond donors (Lipinski definition) is 1. The van der Waals surface area contributed by atoms with E-state index >= 15 is 0 Å². The lowest BCUT2D eigenvalue weighted by Gasteiger charge is -2.33. The molecular formula is C12H17NO. The maximum atomic E-state index is 5.96. The SMILES string of the molecule is CCC1Oc2c(C)cccc2NC1C. The summed E-state index contributed by atoms with van der Waals surface area (Å²) in [5.74, 6) is 1.03. The summed E-state index contributed by atoms with van der Waals surface area (Å²) < 4.78 is 5.96. The molecule has 0 saturated carbocycles. The summed E-state index contributed by atoms with van der Waals surface area (Å²) >= 11 is 0. The molecule has 1 heterocycles. The second-order valence-corrected chi connectivity index (χ2v) is 3.95. The van der Waals surface area contributed by atoms with Crippen LogP contribution < -0.4 is 10.1 Å². The number of benzene rings is 1. The van der Waals surface area contributed by atoms with Crippen molar-refractivity contribution in [1.29, 1.82) is 0 Å². The van der Waals surface area contributed by atoms with E-state index in [0.29, 0.717) is 12.1 Å². The monoisotopic (exact) mass is 191 g/mol. The number of fused-ring (bicyclic) bond motifs is 1. The molecule has 1 aliphatic rings. The quantitative estimate of drug-likeness (QED) is 0.736. The highest BCUT2D eigenvalue weighted by atomic mass is 16.5. The summed E-state index contributed by atoms with van der Waals surface area (Å²) in [4.78, 5) is 0. The van der Waals surface area contributed by atoms with Gasteiger partial charge >= 0.3 is 0 Å². The van der Waals surface area contributed by atoms with Crippen molar-refractivity contribution in [3.8, 4) is 5.75 Å². The van der Waals surface area contributed by atoms with Crippen LogP contribution in [0.2, 0.25) is 0 Å². The van der Waals surface area contributed by atoms with Crippen molar-refractivity contribution in [3.05, 3.63) is 23.8 Å². The molecule has 0 spiro atoms. The molecule has 14 heavy (non-hydrogen) atoms. The number of rotatable bonds is 1. The molecule has 76 valence electrons. The molecule has 2 atom stereocenters. The van der Waals surface area contributed by atoms with Crippen LogP contribution in [0.15, 0.2) is 18.2 Å². The number of anilines is 1. The second kappa shape index (κ2) is 3.52. The van der Waals surface area contributed by atoms with E-state index < -0.39 is 0 Å². The Kier molecular flexibility index (Phi) is 2.36. The molecule has 0 aliphatic carbocycles. The molecule has 0 fully saturated rings. The normalized spacial score (nSPS) is 24.8. The van der Waals surface area contributed by atoms with Crippen LogP contribution in [0.5, 0.6) is 5.75 Å². The van der Waals surface area contributed by atoms with Crippen molar-refractivity contribution in [2.75, 3.05) is 5.32 Å². The Morgan fingerprint density at radius 1 is 1.43 bits per heavy atom. The van der Waals surface area contributed by atoms with Crippen LogP contribution >= 0.6 is 0 Å². The number of ether oxygens (including phenoxy) is 1. The minimum atomic E-state index is 0.295. The van der Waals surface area contributed by atoms with Crippen LogP contribution in [0.1, 0.15) is 25.8 Å². The number of para-hydroxylation sites is 1. The third kappa shape index (κ3) is 1.45. The van der Waals surface area contributed by atoms with Gasteiger partial charge in [-0.05, 0) is 31.9 Å². The molecule has 1 aromatic rings. The lowest BCUT2D eigenvalue weighted by Crippen LogP contribution is -2.38. The smallest absolute Gasteiger partial charge is 0.145 e. The molecule has 2 heteroatoms. The zero-order valence-corrected chi connectivity index (χ0v) is 9.00. The van der Waals surface area contributed by atoms with Gasteiger partial charge in [0.25, 0.3) is 0 Å². The largest absolute Gasteiger partial charge is 0.486 e. The fraction of sp³-hybridized carbons (Fsp3) is 0.500. The first-order valence-electron chi connectivity index (χ1n) is 5.25. The van der Waals surface area contributed by atoms with Gasteiger partial charge in [0.1, 0.15) is 11.9 Å². The molecule has 0 amide bonds. The second-order valence-electron chi connectivity index (χ2n) is 3.95. The predicted molar refractivity (Wildman–Crippen MR) is 59.0 cm³/mol. The highest BCUT2D eigenvalue weighted by Crippen LogP contribution is 2.34. The van der Waals surface area contributed by atoms with Gasteiger partial charge in [-0.1, -0.05) is 19.1 Å². The van der Waals surface area contributed by atoms with Gasteiger partial charge in [0.2, 0.25) is 0 Å². The maximum absolute atomic E-state index is 5.96. The van der Waals surface area contributed by atoms with E-state index in [-0.39, 0.29) is 0 Å². The van der Waals surface area contributed by atoms with Crippen LogP contribution in [0.25, 0.3) is 0 Å². The fourth-order valence-electron chi connectivity index (χ4n) is 1.95. The van der Waals surface area contributed by atoms with Gasteiger partial charge in [-0.15, -0.1) is 0 Å². The molecule has 1 aliphatic heterocycles. The van der Waals surface area contributed by atoms with E-state index in [9.17, 15) is 0 Å². The summed E-state index contributed by atoms with van der Waals surface area (Å²) in [7, 11) is 0. The Morgan fingerprint density at radius 3 is 2.93 bits per heavy atom. The van der Waals surface area contributed by atoms with E-state index in [0.717, 1.165) is 17.9 Å². The molecule has 2 rings (SSSR count). The lowest BCUT2D eigenvalue weighted by molar-refractivity contribution is 0.169. The minimum Gasteiger partial charge on any atom is -0.486 e. The molecular weight excluding hydrogens is 174 g/mol. The highest BCUT2D eigenvalue weighted by molar-refractivity contribution is 5.61. The third-order valence-electron chi connectivity index (χ3n) is 2.82. The summed E-state index contributed by atoms with van der Waals surface area (Å²) in [6.07, 6.45) is 1.34. The summed E-state index contributed by atoms with van der Waals surface area (Å²) in [5, 5.41) is 3.48. The average Bonchev–Trinajstić information content (AvgIpc) is 2.17. The van der Waals surface area contributed by atoms with Crippen molar-refractivity contribution in [2.45, 2.75) is 39.3 Å². The van der Waals surface area contributed by atoms with E-state index in [1.165, 1.54) is 5.56 Å². The molecule has 1 N–H and O–H groups in total. The van der Waals surface area contributed by atoms with Crippen molar-refractivity contribution in [3.63, 3.8) is 0 Å². The summed E-state index contributed by atoms with van der Waals surface area (Å²) in [6, 6.07) is 6.62. The standard InChI is InChI=1S/C12H17NO/c1-4-11-9(3)13-10-7-5-6-8(2)12(10)14-11/h5-7,9,11,13H,4H2,1-3H3. The molecule has 2 unspecified atom stereocenters. The number of aryl methyl sites for hydroxylation is 1. The first kappa shape index (κ1) is 9.38. The first-order chi connectivity index (χ1) is 6.72. The molecule has 2 nitrogen and oxygen atoms in total. The highest BCUT2D eigenvalue weighted by Gasteiger charge is 2.25. The van der Waals surface area contributed by atoms with Crippen LogP contribution in [-0.4, -0.2) is 12.1 Å². The third-order valence-corrected chi connectivity index (χ3v) is 2.82. The Morgan fingerprint density at radius 2 is 2.21 bits per heavy atom. The maximum Gasteiger partial charge on any atom is 0.145 e. The molecule has 0 bridgehead atoms. The Labute approximate surface area is 85.3 Å². The van der Waals surface area contributed by atoms with Gasteiger partial charge in [0, 0.05) is 0 Å². The van der Waals surface area contributed by atoms with Gasteiger partial charge in [-0.2, -0.15) is 0 Å². The summed E-state index contributed by atoms with van der Waals surface area (Å²) in [5.41, 5.74) is 2.34. The van der Waals surface area contributed by atoms with Gasteiger partial charge in [0.05, 0.1) is 11.7 Å². The summed E-state index contributed by atoms with van der Waals surface area (Å²) in [6.45, 7) is 6.41. The molecule has 0 radical (unpaired) electrons. The van der Waals surface area contributed by atoms with E-state index in [2.05, 4.69) is 44.3 Å². The van der Waals surface area contributed by atoms with E-state index in [4.69, 9.17) is 4.74 Å². The van der Waals surface area contributed by atoms with Crippen molar-refractivity contribution >= 4 is 5.69 Å². The molecule has 0 aromatic heterocycles. The van der Waals surface area contributed by atoms with Crippen LogP contribution in [0, 0.1) is 6.92 Å². The van der Waals surface area contributed by atoms with Gasteiger partial charge in [0.15, 0.2) is 0 Å². The Bertz CT molecular complexity index is 335. The van der Waals surface area contributed by atoms with Crippen LogP contribution in [0.4, 0.5) is 5.69 Å². The van der Waals surface area contributed by atoms with Gasteiger partial charge < -0.3 is 10.1 Å². The van der Waals surface area contributed by atoms with Crippen molar-refractivity contribution in [1.82, 2.24) is 0 Å². The van der Waals surface area contributed by atoms with E-state index in [1.807, 2.05) is 0 Å². The first-order valence-corrected chi connectivity index (χ1v) is 5.25. The predicted octanol–water partition coefficient (Wildman–Crippen LogP) is 2.97. The van der Waals surface area contributed by atoms with E-state index in [1.54, 1.807) is 0 Å². The topological polar surface area (TPSA) is 21.3 Å². The molecule has 1 aromatic carbocycles. The molecule has 0 saturated heterocycles. The van der Waals surface area contributed by atoms with Crippen molar-refractivity contribution in [2.24, 2.45) is 0 Å². The zero-order valence-electron chi connectivity index (χ0n) is 9.00. The Balaban J connectivity index is 2.36. The Hall–Kier alpha value is -1.18. The lowest BCUT2D eigenvalue weighted by atomic mass is 10.1. The van der Waals surface area contributed by atoms with Gasteiger partial charge in [-0.25, -0.2) is 0 Å². The fourth-order valence-corrected chi connectivity index (χ4v) is 1.95. The van der Waals surface area contributed by atoms with Crippen LogP contribution in [-0.2, 0) is 0 Å². The van der Waals surface area contributed by atoms with Crippen molar-refractivity contribution < 1.29 is 4.74 Å². The van der Waals surface area contributed by atoms with Gasteiger partial charge in [-0.3, -0.25) is 0 Å². The van der Waals surface area contributed by atoms with Crippen LogP contribution in [0.3, 0.4) is 0 Å². The number of hydrogen-bond acceptors (Lipinski definition) is 2.